The molecule has 0 amide bonds. The molecule has 1 N–H and O–H groups in total. The van der Waals surface area contributed by atoms with Crippen LogP contribution in [0.15, 0.2) is 0 Å². The van der Waals surface area contributed by atoms with Gasteiger partial charge in [0.25, 0.3) is 0 Å². The third-order valence-electron chi connectivity index (χ3n) is 2.91. The summed E-state index contributed by atoms with van der Waals surface area (Å²) in [7, 11) is 1.81. The summed E-state index contributed by atoms with van der Waals surface area (Å²) in [6.07, 6.45) is 4.20. The van der Waals surface area contributed by atoms with Crippen molar-refractivity contribution in [2.24, 2.45) is 11.8 Å². The molecule has 0 bridgehead atoms. The second kappa shape index (κ2) is 3.11. The Bertz CT molecular complexity index is 134. The lowest BCUT2D eigenvalue weighted by molar-refractivity contribution is 0.141. The van der Waals surface area contributed by atoms with E-state index < -0.39 is 0 Å². The van der Waals surface area contributed by atoms with E-state index in [4.69, 9.17) is 4.74 Å². The zero-order valence-corrected chi connectivity index (χ0v) is 7.18. The van der Waals surface area contributed by atoms with Gasteiger partial charge in [0.15, 0.2) is 0 Å². The van der Waals surface area contributed by atoms with E-state index in [-0.39, 0.29) is 0 Å². The lowest BCUT2D eigenvalue weighted by atomic mass is 9.98. The van der Waals surface area contributed by atoms with Gasteiger partial charge in [-0.3, -0.25) is 0 Å². The van der Waals surface area contributed by atoms with Crippen molar-refractivity contribution in [2.75, 3.05) is 20.3 Å². The predicted molar refractivity (Wildman–Crippen MR) is 44.5 cm³/mol. The van der Waals surface area contributed by atoms with Crippen LogP contribution >= 0.6 is 0 Å². The Kier molecular flexibility index (Phi) is 2.14. The smallest absolute Gasteiger partial charge is 0.0505 e. The molecule has 11 heavy (non-hydrogen) atoms. The fourth-order valence-corrected chi connectivity index (χ4v) is 2.19. The van der Waals surface area contributed by atoms with Gasteiger partial charge in [-0.15, -0.1) is 0 Å². The summed E-state index contributed by atoms with van der Waals surface area (Å²) in [4.78, 5) is 0. The van der Waals surface area contributed by atoms with Crippen LogP contribution in [-0.4, -0.2) is 26.3 Å². The van der Waals surface area contributed by atoms with Crippen molar-refractivity contribution in [3.8, 4) is 0 Å². The number of ether oxygens (including phenoxy) is 1. The van der Waals surface area contributed by atoms with Crippen molar-refractivity contribution >= 4 is 0 Å². The topological polar surface area (TPSA) is 21.3 Å². The molecule has 1 aliphatic carbocycles. The van der Waals surface area contributed by atoms with Crippen molar-refractivity contribution in [3.05, 3.63) is 0 Å². The van der Waals surface area contributed by atoms with Crippen LogP contribution in [0.4, 0.5) is 0 Å². The molecule has 2 atom stereocenters. The van der Waals surface area contributed by atoms with Crippen LogP contribution in [0.25, 0.3) is 0 Å². The number of rotatable bonds is 3. The fraction of sp³-hybridized carbons (Fsp3) is 1.00. The minimum absolute atomic E-state index is 0.787. The maximum Gasteiger partial charge on any atom is 0.0505 e. The molecule has 0 aromatic rings. The lowest BCUT2D eigenvalue weighted by Gasteiger charge is -2.17. The Labute approximate surface area is 68.3 Å². The molecule has 2 nitrogen and oxygen atoms in total. The summed E-state index contributed by atoms with van der Waals surface area (Å²) in [5.74, 6) is 1.78. The van der Waals surface area contributed by atoms with E-state index in [1.165, 1.54) is 25.8 Å². The van der Waals surface area contributed by atoms with Crippen LogP contribution in [0.2, 0.25) is 0 Å². The molecule has 0 aromatic heterocycles. The molecule has 1 saturated heterocycles. The third kappa shape index (κ3) is 1.57. The normalized spacial score (nSPS) is 37.9. The van der Waals surface area contributed by atoms with Crippen molar-refractivity contribution in [2.45, 2.75) is 25.3 Å². The van der Waals surface area contributed by atoms with Crippen molar-refractivity contribution < 1.29 is 4.74 Å². The number of hydrogen-bond donors (Lipinski definition) is 1. The molecule has 1 aliphatic heterocycles. The van der Waals surface area contributed by atoms with Gasteiger partial charge >= 0.3 is 0 Å². The summed E-state index contributed by atoms with van der Waals surface area (Å²) in [6, 6.07) is 0.787. The van der Waals surface area contributed by atoms with Gasteiger partial charge in [0, 0.05) is 13.2 Å². The van der Waals surface area contributed by atoms with Crippen LogP contribution in [-0.2, 0) is 4.74 Å². The van der Waals surface area contributed by atoms with Gasteiger partial charge in [-0.05, 0) is 37.6 Å². The zero-order valence-electron chi connectivity index (χ0n) is 7.18. The SMILES string of the molecule is COCC1CCNC1C1CC1. The number of hydrogen-bond acceptors (Lipinski definition) is 2. The summed E-state index contributed by atoms with van der Waals surface area (Å²) < 4.78 is 5.19. The highest BCUT2D eigenvalue weighted by molar-refractivity contribution is 4.94. The van der Waals surface area contributed by atoms with Gasteiger partial charge in [-0.1, -0.05) is 0 Å². The predicted octanol–water partition coefficient (Wildman–Crippen LogP) is 1.02. The molecule has 2 aliphatic rings. The standard InChI is InChI=1S/C9H17NO/c1-11-6-8-4-5-10-9(8)7-2-3-7/h7-10H,2-6H2,1H3. The quantitative estimate of drug-likeness (QED) is 0.657. The Morgan fingerprint density at radius 1 is 1.36 bits per heavy atom. The van der Waals surface area contributed by atoms with Crippen LogP contribution < -0.4 is 5.32 Å². The number of nitrogens with one attached hydrogen (secondary N) is 1. The van der Waals surface area contributed by atoms with E-state index in [1.807, 2.05) is 7.11 Å². The minimum atomic E-state index is 0.787. The Balaban J connectivity index is 1.85. The van der Waals surface area contributed by atoms with E-state index in [1.54, 1.807) is 0 Å². The average molecular weight is 155 g/mol. The molecular formula is C9H17NO. The van der Waals surface area contributed by atoms with Gasteiger partial charge < -0.3 is 10.1 Å². The maximum atomic E-state index is 5.19. The maximum absolute atomic E-state index is 5.19. The van der Waals surface area contributed by atoms with Crippen LogP contribution in [0.1, 0.15) is 19.3 Å². The molecule has 0 aromatic carbocycles. The van der Waals surface area contributed by atoms with Crippen molar-refractivity contribution in [1.82, 2.24) is 5.32 Å². The highest BCUT2D eigenvalue weighted by Crippen LogP contribution is 2.38. The molecule has 64 valence electrons. The molecular weight excluding hydrogens is 138 g/mol. The summed E-state index contributed by atoms with van der Waals surface area (Å²) in [5.41, 5.74) is 0. The van der Waals surface area contributed by atoms with Gasteiger partial charge in [-0.2, -0.15) is 0 Å². The molecule has 2 heteroatoms. The fourth-order valence-electron chi connectivity index (χ4n) is 2.19. The molecule has 2 unspecified atom stereocenters. The Morgan fingerprint density at radius 3 is 2.82 bits per heavy atom. The highest BCUT2D eigenvalue weighted by Gasteiger charge is 2.38. The minimum Gasteiger partial charge on any atom is -0.384 e. The average Bonchev–Trinajstić information content (AvgIpc) is 2.75. The lowest BCUT2D eigenvalue weighted by Crippen LogP contribution is -2.31. The van der Waals surface area contributed by atoms with Gasteiger partial charge in [0.05, 0.1) is 6.61 Å². The molecule has 2 fully saturated rings. The summed E-state index contributed by atoms with van der Waals surface area (Å²) >= 11 is 0. The van der Waals surface area contributed by atoms with Gasteiger partial charge in [-0.25, -0.2) is 0 Å². The third-order valence-corrected chi connectivity index (χ3v) is 2.91. The Hall–Kier alpha value is -0.0800. The molecule has 0 spiro atoms. The monoisotopic (exact) mass is 155 g/mol. The first-order valence-electron chi connectivity index (χ1n) is 4.64. The van der Waals surface area contributed by atoms with Crippen LogP contribution in [0.5, 0.6) is 0 Å². The van der Waals surface area contributed by atoms with E-state index >= 15 is 0 Å². The van der Waals surface area contributed by atoms with Crippen LogP contribution in [0.3, 0.4) is 0 Å². The molecule has 1 heterocycles. The van der Waals surface area contributed by atoms with E-state index in [0.29, 0.717) is 0 Å². The van der Waals surface area contributed by atoms with Crippen molar-refractivity contribution in [3.63, 3.8) is 0 Å². The molecule has 2 rings (SSSR count). The first-order chi connectivity index (χ1) is 5.42. The van der Waals surface area contributed by atoms with E-state index in [0.717, 1.165) is 24.5 Å². The van der Waals surface area contributed by atoms with E-state index in [9.17, 15) is 0 Å². The summed E-state index contributed by atoms with van der Waals surface area (Å²) in [5, 5.41) is 3.57. The highest BCUT2D eigenvalue weighted by atomic mass is 16.5. The first kappa shape index (κ1) is 7.56. The second-order valence-corrected chi connectivity index (χ2v) is 3.82. The van der Waals surface area contributed by atoms with Gasteiger partial charge in [0.2, 0.25) is 0 Å². The Morgan fingerprint density at radius 2 is 2.18 bits per heavy atom. The largest absolute Gasteiger partial charge is 0.384 e. The molecule has 0 radical (unpaired) electrons. The first-order valence-corrected chi connectivity index (χ1v) is 4.64. The zero-order chi connectivity index (χ0) is 7.68. The van der Waals surface area contributed by atoms with Gasteiger partial charge in [0.1, 0.15) is 0 Å². The van der Waals surface area contributed by atoms with E-state index in [2.05, 4.69) is 5.32 Å². The second-order valence-electron chi connectivity index (χ2n) is 3.82. The summed E-state index contributed by atoms with van der Waals surface area (Å²) in [6.45, 7) is 2.16. The van der Waals surface area contributed by atoms with Crippen LogP contribution in [0, 0.1) is 11.8 Å². The molecule has 1 saturated carbocycles. The van der Waals surface area contributed by atoms with Crippen molar-refractivity contribution in [1.29, 1.82) is 0 Å². The number of methoxy groups -OCH3 is 1.